The van der Waals surface area contributed by atoms with Crippen molar-refractivity contribution in [3.8, 4) is 5.75 Å². The molecule has 1 atom stereocenters. The van der Waals surface area contributed by atoms with Crippen LogP contribution in [-0.4, -0.2) is 78.5 Å². The van der Waals surface area contributed by atoms with Crippen molar-refractivity contribution in [2.75, 3.05) is 60.1 Å². The van der Waals surface area contributed by atoms with Crippen LogP contribution >= 0.6 is 23.5 Å². The van der Waals surface area contributed by atoms with Crippen LogP contribution in [0.15, 0.2) is 94.5 Å². The first-order valence-electron chi connectivity index (χ1n) is 18.2. The summed E-state index contributed by atoms with van der Waals surface area (Å²) in [5.74, 6) is -3.18. The number of carbonyl (C=O) groups excluding carboxylic acids is 4. The Bertz CT molecular complexity index is 2400. The molecule has 0 aliphatic heterocycles. The number of halogens is 6. The molecule has 0 radical (unpaired) electrons. The van der Waals surface area contributed by atoms with Crippen LogP contribution in [0.1, 0.15) is 48.9 Å². The summed E-state index contributed by atoms with van der Waals surface area (Å²) < 4.78 is 95.8. The van der Waals surface area contributed by atoms with E-state index in [0.717, 1.165) is 35.9 Å². The Morgan fingerprint density at radius 3 is 1.65 bits per heavy atom. The number of benzene rings is 3. The molecule has 62 heavy (non-hydrogen) atoms. The van der Waals surface area contributed by atoms with Crippen LogP contribution in [0, 0.1) is 0 Å². The van der Waals surface area contributed by atoms with Gasteiger partial charge in [0.1, 0.15) is 23.5 Å². The van der Waals surface area contributed by atoms with Gasteiger partial charge in [-0.2, -0.15) is 26.3 Å². The van der Waals surface area contributed by atoms with Crippen LogP contribution in [0.4, 0.5) is 49.1 Å². The van der Waals surface area contributed by atoms with E-state index >= 15 is 0 Å². The Morgan fingerprint density at radius 2 is 1.19 bits per heavy atom. The average Bonchev–Trinajstić information content (AvgIpc) is 3.24. The lowest BCUT2D eigenvalue weighted by Crippen LogP contribution is -2.21. The van der Waals surface area contributed by atoms with E-state index in [1.807, 2.05) is 0 Å². The summed E-state index contributed by atoms with van der Waals surface area (Å²) in [5.41, 5.74) is 6.65. The maximum atomic E-state index is 14.2. The maximum absolute atomic E-state index is 14.2. The predicted molar refractivity (Wildman–Crippen MR) is 223 cm³/mol. The second-order valence-corrected chi connectivity index (χ2v) is 15.2. The van der Waals surface area contributed by atoms with Gasteiger partial charge in [0.2, 0.25) is 0 Å². The number of thioether (sulfide) groups is 2. The van der Waals surface area contributed by atoms with Crippen LogP contribution in [0.3, 0.4) is 0 Å². The summed E-state index contributed by atoms with van der Waals surface area (Å²) in [5, 5.41) is 9.68. The van der Waals surface area contributed by atoms with Crippen molar-refractivity contribution >= 4 is 69.9 Å². The third-order valence-electron chi connectivity index (χ3n) is 8.61. The fourth-order valence-corrected chi connectivity index (χ4v) is 7.40. The van der Waals surface area contributed by atoms with Gasteiger partial charge in [-0.3, -0.25) is 19.2 Å². The molecule has 0 saturated carbocycles. The Morgan fingerprint density at radius 1 is 0.710 bits per heavy atom. The number of rotatable bonds is 16. The minimum atomic E-state index is -4.95. The molecule has 0 bridgehead atoms. The Hall–Kier alpha value is -5.94. The zero-order valence-electron chi connectivity index (χ0n) is 32.7. The third-order valence-corrected chi connectivity index (χ3v) is 11.0. The highest BCUT2D eigenvalue weighted by molar-refractivity contribution is 7.99. The van der Waals surface area contributed by atoms with Crippen molar-refractivity contribution in [1.82, 2.24) is 9.97 Å². The Balaban J connectivity index is 1.48. The highest BCUT2D eigenvalue weighted by Crippen LogP contribution is 2.43. The van der Waals surface area contributed by atoms with Crippen LogP contribution in [0.2, 0.25) is 0 Å². The molecule has 3 aromatic carbocycles. The number of hydrogen-bond acceptors (Lipinski definition) is 12. The molecule has 1 aliphatic carbocycles. The molecule has 5 rings (SSSR count). The first-order valence-corrected chi connectivity index (χ1v) is 20.2. The largest absolute Gasteiger partial charge is 0.497 e. The molecule has 0 spiro atoms. The predicted octanol–water partition coefficient (Wildman–Crippen LogP) is 7.22. The number of alkyl halides is 6. The summed E-state index contributed by atoms with van der Waals surface area (Å²) in [7, 11) is 2.81. The van der Waals surface area contributed by atoms with Gasteiger partial charge in [0.25, 0.3) is 23.6 Å². The van der Waals surface area contributed by atoms with Gasteiger partial charge >= 0.3 is 12.4 Å². The van der Waals surface area contributed by atoms with Crippen molar-refractivity contribution in [2.45, 2.75) is 34.7 Å². The summed E-state index contributed by atoms with van der Waals surface area (Å²) in [4.78, 5) is 61.5. The first kappa shape index (κ1) is 47.1. The van der Waals surface area contributed by atoms with Crippen molar-refractivity contribution in [3.63, 3.8) is 0 Å². The van der Waals surface area contributed by atoms with Gasteiger partial charge in [0.15, 0.2) is 0 Å². The molecule has 1 unspecified atom stereocenters. The molecule has 8 N–H and O–H groups in total. The molecule has 0 fully saturated rings. The minimum absolute atomic E-state index is 0.00401. The summed E-state index contributed by atoms with van der Waals surface area (Å²) >= 11 is 1.88. The highest BCUT2D eigenvalue weighted by Gasteiger charge is 2.35. The first-order chi connectivity index (χ1) is 29.4. The van der Waals surface area contributed by atoms with Gasteiger partial charge in [0, 0.05) is 48.9 Å². The number of hydrogen-bond donors (Lipinski definition) is 6. The average molecular weight is 905 g/mol. The molecule has 0 saturated heterocycles. The lowest BCUT2D eigenvalue weighted by molar-refractivity contribution is -0.138. The maximum Gasteiger partial charge on any atom is 0.416 e. The van der Waals surface area contributed by atoms with Gasteiger partial charge in [-0.15, -0.1) is 23.5 Å². The zero-order valence-corrected chi connectivity index (χ0v) is 34.3. The number of ether oxygens (including phenoxy) is 2. The van der Waals surface area contributed by atoms with Crippen molar-refractivity contribution in [2.24, 2.45) is 11.5 Å². The molecular formula is C40H38F6N8O6S2. The standard InChI is InChI=1S/C40H38F6N8O6S2/c1-59-25-7-3-5-21(13-25)35(55)51-27-15-23(39(41,42)43)17-29(33(27)61-11-9-47)53-37(57)31-19-32(50-20-49-31)38(58)54-30-18-24(40(44,45)46)16-28(34(30)62-12-10-48)52-36(56)22-6-4-8-26(14-22)60-2/h3-7,13-20,26H,8-12,47-48H2,1-2H3,(H,51,55)(H,52,56)(H,53,57)(H,54,58). The van der Waals surface area contributed by atoms with Crippen LogP contribution in [0.25, 0.3) is 0 Å². The third kappa shape index (κ3) is 12.1. The number of aromatic nitrogens is 2. The van der Waals surface area contributed by atoms with E-state index < -0.39 is 70.3 Å². The molecule has 4 amide bonds. The lowest BCUT2D eigenvalue weighted by Gasteiger charge is -2.20. The number of amides is 4. The molecule has 1 heterocycles. The smallest absolute Gasteiger partial charge is 0.416 e. The topological polar surface area (TPSA) is 213 Å². The normalized spacial score (nSPS) is 13.8. The van der Waals surface area contributed by atoms with Crippen LogP contribution in [0.5, 0.6) is 5.75 Å². The number of methoxy groups -OCH3 is 2. The Labute approximate surface area is 358 Å². The fourth-order valence-electron chi connectivity index (χ4n) is 5.69. The van der Waals surface area contributed by atoms with Gasteiger partial charge in [0.05, 0.1) is 56.9 Å². The quantitative estimate of drug-likeness (QED) is 0.0486. The van der Waals surface area contributed by atoms with Crippen molar-refractivity contribution in [1.29, 1.82) is 0 Å². The number of nitrogens with zero attached hydrogens (tertiary/aromatic N) is 2. The van der Waals surface area contributed by atoms with Crippen molar-refractivity contribution in [3.05, 3.63) is 113 Å². The molecule has 1 aliphatic rings. The van der Waals surface area contributed by atoms with E-state index in [4.69, 9.17) is 20.9 Å². The van der Waals surface area contributed by atoms with Gasteiger partial charge < -0.3 is 42.2 Å². The molecule has 328 valence electrons. The number of anilines is 4. The van der Waals surface area contributed by atoms with Crippen LogP contribution in [-0.2, 0) is 21.9 Å². The second-order valence-electron chi connectivity index (χ2n) is 12.9. The summed E-state index contributed by atoms with van der Waals surface area (Å²) in [6, 6.07) is 9.44. The molecule has 4 aromatic rings. The van der Waals surface area contributed by atoms with E-state index in [1.165, 1.54) is 44.6 Å². The zero-order chi connectivity index (χ0) is 45.2. The molecule has 1 aromatic heterocycles. The minimum Gasteiger partial charge on any atom is -0.497 e. The monoisotopic (exact) mass is 904 g/mol. The van der Waals surface area contributed by atoms with Gasteiger partial charge in [-0.1, -0.05) is 18.2 Å². The SMILES string of the molecule is COc1cccc(C(=O)Nc2cc(C(F)(F)F)cc(NC(=O)c3cc(C(=O)Nc4cc(C(F)(F)F)cc(NC(=O)C5=CC(OC)CC=C5)c4SCCN)ncn3)c2SCCN)c1. The van der Waals surface area contributed by atoms with E-state index in [-0.39, 0.29) is 62.6 Å². The van der Waals surface area contributed by atoms with Gasteiger partial charge in [-0.25, -0.2) is 9.97 Å². The van der Waals surface area contributed by atoms with E-state index in [1.54, 1.807) is 12.1 Å². The van der Waals surface area contributed by atoms with E-state index in [9.17, 15) is 45.5 Å². The lowest BCUT2D eigenvalue weighted by atomic mass is 10.0. The second kappa shape index (κ2) is 20.8. The summed E-state index contributed by atoms with van der Waals surface area (Å²) in [6.45, 7) is 0.123. The van der Waals surface area contributed by atoms with E-state index in [0.29, 0.717) is 36.4 Å². The molecule has 14 nitrogen and oxygen atoms in total. The number of carbonyl (C=O) groups is 4. The van der Waals surface area contributed by atoms with Gasteiger partial charge in [-0.05, 0) is 55.0 Å². The summed E-state index contributed by atoms with van der Waals surface area (Å²) in [6.07, 6.45) is -4.40. The van der Waals surface area contributed by atoms with Crippen LogP contribution < -0.4 is 37.5 Å². The molecular weight excluding hydrogens is 867 g/mol. The fraction of sp³-hybridized carbons (Fsp3) is 0.250. The number of nitrogens with one attached hydrogen (secondary N) is 4. The van der Waals surface area contributed by atoms with E-state index in [2.05, 4.69) is 31.2 Å². The molecule has 22 heteroatoms. The Kier molecular flexibility index (Phi) is 15.8. The highest BCUT2D eigenvalue weighted by atomic mass is 32.2. The van der Waals surface area contributed by atoms with Crippen molar-refractivity contribution < 1.29 is 55.0 Å². The number of nitrogens with two attached hydrogens (primary N) is 2.